The van der Waals surface area contributed by atoms with Gasteiger partial charge in [0.15, 0.2) is 0 Å². The molecule has 0 radical (unpaired) electrons. The van der Waals surface area contributed by atoms with Gasteiger partial charge in [0, 0.05) is 0 Å². The third-order valence-corrected chi connectivity index (χ3v) is 4.44. The normalized spacial score (nSPS) is 20.5. The van der Waals surface area contributed by atoms with Gasteiger partial charge >= 0.3 is 0 Å². The number of nitriles is 1. The van der Waals surface area contributed by atoms with E-state index in [1.807, 2.05) is 18.7 Å². The van der Waals surface area contributed by atoms with E-state index in [9.17, 15) is 14.9 Å². The summed E-state index contributed by atoms with van der Waals surface area (Å²) in [5.74, 6) is -0.905. The number of nitrogens with two attached hydrogens (primary N) is 1. The van der Waals surface area contributed by atoms with Gasteiger partial charge in [-0.25, -0.2) is 0 Å². The first-order chi connectivity index (χ1) is 11.3. The molecule has 0 unspecified atom stereocenters. The largest absolute Gasteiger partial charge is 0.363 e. The maximum Gasteiger partial charge on any atom is 0.290 e. The lowest BCUT2D eigenvalue weighted by Crippen LogP contribution is -2.51. The van der Waals surface area contributed by atoms with Gasteiger partial charge < -0.3 is 15.6 Å². The van der Waals surface area contributed by atoms with E-state index in [2.05, 4.69) is 21.5 Å². The van der Waals surface area contributed by atoms with E-state index in [1.54, 1.807) is 6.92 Å². The predicted octanol–water partition coefficient (Wildman–Crippen LogP) is 0.360. The lowest BCUT2D eigenvalue weighted by molar-refractivity contribution is -0.124. The van der Waals surface area contributed by atoms with Crippen molar-refractivity contribution in [2.45, 2.75) is 45.2 Å². The van der Waals surface area contributed by atoms with Crippen LogP contribution in [0.2, 0.25) is 0 Å². The molecule has 9 heteroatoms. The van der Waals surface area contributed by atoms with E-state index in [0.29, 0.717) is 6.54 Å². The molecule has 24 heavy (non-hydrogen) atoms. The first-order valence-corrected chi connectivity index (χ1v) is 7.86. The van der Waals surface area contributed by atoms with Crippen LogP contribution in [0.25, 0.3) is 0 Å². The van der Waals surface area contributed by atoms with Crippen molar-refractivity contribution in [3.63, 3.8) is 0 Å². The number of hydrogen-bond acceptors (Lipinski definition) is 7. The van der Waals surface area contributed by atoms with Crippen molar-refractivity contribution in [1.82, 2.24) is 20.4 Å². The highest BCUT2D eigenvalue weighted by Crippen LogP contribution is 2.30. The third-order valence-electron chi connectivity index (χ3n) is 4.44. The Bertz CT molecular complexity index is 664. The molecule has 2 heterocycles. The SMILES string of the molecule is CC(C)[C@](C)(C#N)NC(=O)CN1CCC[C@H]1c1nc(C(N)=O)no1. The van der Waals surface area contributed by atoms with Crippen LogP contribution in [-0.4, -0.2) is 45.5 Å². The highest BCUT2D eigenvalue weighted by Gasteiger charge is 2.35. The van der Waals surface area contributed by atoms with E-state index in [4.69, 9.17) is 10.3 Å². The third kappa shape index (κ3) is 3.71. The molecule has 3 N–H and O–H groups in total. The number of carbonyl (C=O) groups is 2. The van der Waals surface area contributed by atoms with Crippen molar-refractivity contribution in [2.24, 2.45) is 11.7 Å². The molecule has 0 bridgehead atoms. The van der Waals surface area contributed by atoms with Crippen molar-refractivity contribution in [2.75, 3.05) is 13.1 Å². The molecular weight excluding hydrogens is 312 g/mol. The molecule has 0 aliphatic carbocycles. The van der Waals surface area contributed by atoms with Crippen molar-refractivity contribution in [3.05, 3.63) is 11.7 Å². The minimum Gasteiger partial charge on any atom is -0.363 e. The van der Waals surface area contributed by atoms with Gasteiger partial charge in [0.05, 0.1) is 18.7 Å². The maximum absolute atomic E-state index is 12.3. The Morgan fingerprint density at radius 3 is 2.83 bits per heavy atom. The smallest absolute Gasteiger partial charge is 0.290 e. The second-order valence-electron chi connectivity index (χ2n) is 6.47. The molecule has 1 aliphatic rings. The first kappa shape index (κ1) is 17.9. The molecule has 9 nitrogen and oxygen atoms in total. The van der Waals surface area contributed by atoms with Crippen molar-refractivity contribution in [3.8, 4) is 6.07 Å². The number of aromatic nitrogens is 2. The van der Waals surface area contributed by atoms with Gasteiger partial charge in [0.25, 0.3) is 11.7 Å². The second kappa shape index (κ2) is 6.97. The van der Waals surface area contributed by atoms with Crippen LogP contribution in [0, 0.1) is 17.2 Å². The van der Waals surface area contributed by atoms with Gasteiger partial charge in [-0.1, -0.05) is 19.0 Å². The molecule has 0 spiro atoms. The highest BCUT2D eigenvalue weighted by atomic mass is 16.5. The van der Waals surface area contributed by atoms with Crippen LogP contribution in [0.4, 0.5) is 0 Å². The Labute approximate surface area is 140 Å². The molecule has 1 fully saturated rings. The predicted molar refractivity (Wildman–Crippen MR) is 83.4 cm³/mol. The lowest BCUT2D eigenvalue weighted by Gasteiger charge is -2.29. The summed E-state index contributed by atoms with van der Waals surface area (Å²) >= 11 is 0. The average molecular weight is 334 g/mol. The van der Waals surface area contributed by atoms with Crippen molar-refractivity contribution < 1.29 is 14.1 Å². The molecule has 2 amide bonds. The van der Waals surface area contributed by atoms with Crippen LogP contribution in [-0.2, 0) is 4.79 Å². The van der Waals surface area contributed by atoms with Gasteiger partial charge in [0.1, 0.15) is 5.54 Å². The molecule has 0 aromatic carbocycles. The summed E-state index contributed by atoms with van der Waals surface area (Å²) in [5.41, 5.74) is 4.20. The lowest BCUT2D eigenvalue weighted by atomic mass is 9.90. The van der Waals surface area contributed by atoms with E-state index < -0.39 is 11.4 Å². The topological polar surface area (TPSA) is 138 Å². The van der Waals surface area contributed by atoms with E-state index in [0.717, 1.165) is 12.8 Å². The quantitative estimate of drug-likeness (QED) is 0.765. The molecule has 0 saturated carbocycles. The van der Waals surface area contributed by atoms with Crippen LogP contribution in [0.15, 0.2) is 4.52 Å². The number of rotatable bonds is 6. The summed E-state index contributed by atoms with van der Waals surface area (Å²) in [6.07, 6.45) is 1.61. The summed E-state index contributed by atoms with van der Waals surface area (Å²) in [7, 11) is 0. The zero-order valence-electron chi connectivity index (χ0n) is 14.1. The molecule has 2 rings (SSSR count). The summed E-state index contributed by atoms with van der Waals surface area (Å²) in [5, 5.41) is 15.6. The van der Waals surface area contributed by atoms with E-state index >= 15 is 0 Å². The minimum atomic E-state index is -0.921. The fourth-order valence-electron chi connectivity index (χ4n) is 2.58. The Balaban J connectivity index is 2.04. The number of nitrogens with one attached hydrogen (secondary N) is 1. The van der Waals surface area contributed by atoms with Crippen molar-refractivity contribution in [1.29, 1.82) is 5.26 Å². The average Bonchev–Trinajstić information content (AvgIpc) is 3.15. The maximum atomic E-state index is 12.3. The number of likely N-dealkylation sites (tertiary alicyclic amines) is 1. The summed E-state index contributed by atoms with van der Waals surface area (Å²) < 4.78 is 5.09. The van der Waals surface area contributed by atoms with Gasteiger partial charge in [-0.2, -0.15) is 10.2 Å². The summed E-state index contributed by atoms with van der Waals surface area (Å²) in [4.78, 5) is 29.3. The Morgan fingerprint density at radius 1 is 1.58 bits per heavy atom. The first-order valence-electron chi connectivity index (χ1n) is 7.86. The second-order valence-corrected chi connectivity index (χ2v) is 6.47. The van der Waals surface area contributed by atoms with E-state index in [1.165, 1.54) is 0 Å². The number of carbonyl (C=O) groups excluding carboxylic acids is 2. The molecule has 2 atom stereocenters. The summed E-state index contributed by atoms with van der Waals surface area (Å²) in [6.45, 7) is 6.27. The van der Waals surface area contributed by atoms with Gasteiger partial charge in [-0.05, 0) is 32.2 Å². The standard InChI is InChI=1S/C15H22N6O3/c1-9(2)15(3,8-16)19-11(22)7-21-6-4-5-10(21)14-18-13(12(17)23)20-24-14/h9-10H,4-7H2,1-3H3,(H2,17,23)(H,19,22)/t10-,15-/m0/s1. The molecule has 1 saturated heterocycles. The van der Waals surface area contributed by atoms with Gasteiger partial charge in [0.2, 0.25) is 11.8 Å². The molecular formula is C15H22N6O3. The Kier molecular flexibility index (Phi) is 5.19. The number of nitrogens with zero attached hydrogens (tertiary/aromatic N) is 4. The highest BCUT2D eigenvalue weighted by molar-refractivity contribution is 5.88. The molecule has 130 valence electrons. The monoisotopic (exact) mass is 334 g/mol. The fourth-order valence-corrected chi connectivity index (χ4v) is 2.58. The molecule has 1 aromatic rings. The molecule has 1 aliphatic heterocycles. The molecule has 1 aromatic heterocycles. The minimum absolute atomic E-state index is 0.0186. The van der Waals surface area contributed by atoms with Crippen LogP contribution < -0.4 is 11.1 Å². The van der Waals surface area contributed by atoms with E-state index in [-0.39, 0.29) is 36.1 Å². The van der Waals surface area contributed by atoms with Crippen LogP contribution in [0.1, 0.15) is 56.2 Å². The van der Waals surface area contributed by atoms with Crippen LogP contribution in [0.5, 0.6) is 0 Å². The van der Waals surface area contributed by atoms with Crippen LogP contribution in [0.3, 0.4) is 0 Å². The number of amides is 2. The number of primary amides is 1. The Morgan fingerprint density at radius 2 is 2.29 bits per heavy atom. The summed E-state index contributed by atoms with van der Waals surface area (Å²) in [6, 6.07) is 1.92. The van der Waals surface area contributed by atoms with Gasteiger partial charge in [-0.3, -0.25) is 14.5 Å². The zero-order valence-corrected chi connectivity index (χ0v) is 14.1. The fraction of sp³-hybridized carbons (Fsp3) is 0.667. The van der Waals surface area contributed by atoms with Crippen LogP contribution >= 0.6 is 0 Å². The zero-order chi connectivity index (χ0) is 17.9. The Hall–Kier alpha value is -2.47. The van der Waals surface area contributed by atoms with Gasteiger partial charge in [-0.15, -0.1) is 0 Å². The van der Waals surface area contributed by atoms with Crippen molar-refractivity contribution >= 4 is 11.8 Å². The number of hydrogen-bond donors (Lipinski definition) is 2.